The highest BCUT2D eigenvalue weighted by molar-refractivity contribution is 7.19. The molecule has 7 nitrogen and oxygen atoms in total. The van der Waals surface area contributed by atoms with Gasteiger partial charge in [0.25, 0.3) is 5.91 Å². The molecule has 4 N–H and O–H groups in total. The highest BCUT2D eigenvalue weighted by Gasteiger charge is 2.22. The Hall–Kier alpha value is -2.85. The number of anilines is 2. The molecule has 1 aromatic carbocycles. The van der Waals surface area contributed by atoms with E-state index in [1.165, 1.54) is 23.8 Å². The quantitative estimate of drug-likeness (QED) is 0.383. The van der Waals surface area contributed by atoms with Crippen LogP contribution < -0.4 is 11.1 Å². The number of amides is 1. The maximum atomic E-state index is 14.9. The molecule has 1 fully saturated rings. The summed E-state index contributed by atoms with van der Waals surface area (Å²) in [5, 5.41) is 13.8. The third-order valence-electron chi connectivity index (χ3n) is 6.67. The standard InChI is InChI=1S/C27H34FN5O2S/c1-4-23(34)17-10-11-20(22(28)13-17)24-14-21(26(29)35)27(36-24)31-25-9-5-7-18(30-25)15-33-12-6-8-19(16-33)32(2)3/h5,7,9-11,13-14,19,23,34H,4,6,8,12,15-16H2,1-3H3,(H2,29,35)(H,30,31). The van der Waals surface area contributed by atoms with E-state index in [9.17, 15) is 14.3 Å². The summed E-state index contributed by atoms with van der Waals surface area (Å²) in [5.74, 6) is -0.453. The van der Waals surface area contributed by atoms with Gasteiger partial charge in [-0.05, 0) is 69.7 Å². The van der Waals surface area contributed by atoms with Gasteiger partial charge in [0.1, 0.15) is 16.6 Å². The number of pyridine rings is 1. The summed E-state index contributed by atoms with van der Waals surface area (Å²) in [6, 6.07) is 12.6. The number of aliphatic hydroxyl groups is 1. The number of piperidine rings is 1. The Morgan fingerprint density at radius 2 is 2.14 bits per heavy atom. The molecule has 3 aromatic rings. The molecule has 1 aliphatic rings. The highest BCUT2D eigenvalue weighted by atomic mass is 32.1. The van der Waals surface area contributed by atoms with E-state index in [0.717, 1.165) is 31.7 Å². The van der Waals surface area contributed by atoms with E-state index in [0.29, 0.717) is 39.3 Å². The predicted octanol–water partition coefficient (Wildman–Crippen LogP) is 4.76. The fraction of sp³-hybridized carbons (Fsp3) is 0.407. The van der Waals surface area contributed by atoms with Crippen LogP contribution in [0.3, 0.4) is 0 Å². The lowest BCUT2D eigenvalue weighted by Crippen LogP contribution is -2.44. The van der Waals surface area contributed by atoms with E-state index in [1.807, 2.05) is 25.1 Å². The monoisotopic (exact) mass is 511 g/mol. The van der Waals surface area contributed by atoms with Gasteiger partial charge in [0, 0.05) is 29.6 Å². The average molecular weight is 512 g/mol. The third-order valence-corrected chi connectivity index (χ3v) is 7.76. The van der Waals surface area contributed by atoms with Gasteiger partial charge < -0.3 is 21.1 Å². The maximum Gasteiger partial charge on any atom is 0.251 e. The van der Waals surface area contributed by atoms with Crippen molar-refractivity contribution < 1.29 is 14.3 Å². The number of nitrogens with two attached hydrogens (primary N) is 1. The number of carbonyl (C=O) groups is 1. The molecule has 2 aromatic heterocycles. The van der Waals surface area contributed by atoms with E-state index < -0.39 is 17.8 Å². The average Bonchev–Trinajstić information content (AvgIpc) is 3.27. The first kappa shape index (κ1) is 26.2. The van der Waals surface area contributed by atoms with Gasteiger partial charge in [0.2, 0.25) is 0 Å². The summed E-state index contributed by atoms with van der Waals surface area (Å²) >= 11 is 1.24. The van der Waals surface area contributed by atoms with Gasteiger partial charge in [0.15, 0.2) is 0 Å². The van der Waals surface area contributed by atoms with Crippen molar-refractivity contribution in [2.75, 3.05) is 32.5 Å². The molecular weight excluding hydrogens is 477 g/mol. The Labute approximate surface area is 215 Å². The molecule has 0 saturated carbocycles. The molecule has 1 saturated heterocycles. The SMILES string of the molecule is CCC(O)c1ccc(-c2cc(C(N)=O)c(Nc3cccc(CN4CCCC(N(C)C)C4)n3)s2)c(F)c1. The number of primary amides is 1. The lowest BCUT2D eigenvalue weighted by molar-refractivity contribution is 0.100. The van der Waals surface area contributed by atoms with Crippen molar-refractivity contribution in [1.29, 1.82) is 0 Å². The molecule has 4 rings (SSSR count). The first-order valence-corrected chi connectivity index (χ1v) is 13.1. The van der Waals surface area contributed by atoms with Crippen molar-refractivity contribution in [1.82, 2.24) is 14.8 Å². The Morgan fingerprint density at radius 1 is 1.33 bits per heavy atom. The van der Waals surface area contributed by atoms with Crippen molar-refractivity contribution in [3.63, 3.8) is 0 Å². The van der Waals surface area contributed by atoms with E-state index in [-0.39, 0.29) is 5.56 Å². The molecule has 192 valence electrons. The minimum atomic E-state index is -0.715. The second kappa shape index (κ2) is 11.5. The number of carbonyl (C=O) groups excluding carboxylic acids is 1. The molecule has 0 aliphatic carbocycles. The minimum absolute atomic E-state index is 0.282. The zero-order chi connectivity index (χ0) is 25.8. The Morgan fingerprint density at radius 3 is 2.83 bits per heavy atom. The molecule has 2 atom stereocenters. The van der Waals surface area contributed by atoms with E-state index in [4.69, 9.17) is 10.7 Å². The zero-order valence-corrected chi connectivity index (χ0v) is 21.8. The summed E-state index contributed by atoms with van der Waals surface area (Å²) < 4.78 is 14.9. The predicted molar refractivity (Wildman–Crippen MR) is 143 cm³/mol. The maximum absolute atomic E-state index is 14.9. The number of thiophene rings is 1. The van der Waals surface area contributed by atoms with E-state index in [2.05, 4.69) is 29.2 Å². The summed E-state index contributed by atoms with van der Waals surface area (Å²) in [6.45, 7) is 4.64. The molecule has 1 aliphatic heterocycles. The van der Waals surface area contributed by atoms with E-state index in [1.54, 1.807) is 18.2 Å². The molecule has 0 bridgehead atoms. The number of halogens is 1. The summed E-state index contributed by atoms with van der Waals surface area (Å²) in [5.41, 5.74) is 7.74. The highest BCUT2D eigenvalue weighted by Crippen LogP contribution is 2.38. The number of aromatic nitrogens is 1. The van der Waals surface area contributed by atoms with Crippen LogP contribution in [0.5, 0.6) is 0 Å². The topological polar surface area (TPSA) is 94.7 Å². The van der Waals surface area contributed by atoms with Crippen molar-refractivity contribution >= 4 is 28.1 Å². The molecule has 1 amide bonds. The van der Waals surface area contributed by atoms with Crippen molar-refractivity contribution in [3.05, 3.63) is 65.1 Å². The van der Waals surface area contributed by atoms with Gasteiger partial charge in [-0.3, -0.25) is 9.69 Å². The molecule has 2 unspecified atom stereocenters. The van der Waals surface area contributed by atoms with Crippen LogP contribution in [0.4, 0.5) is 15.2 Å². The number of benzene rings is 1. The Balaban J connectivity index is 1.54. The molecule has 0 spiro atoms. The van der Waals surface area contributed by atoms with Crippen LogP contribution in [0.2, 0.25) is 0 Å². The Kier molecular flexibility index (Phi) is 8.35. The lowest BCUT2D eigenvalue weighted by atomic mass is 10.0. The van der Waals surface area contributed by atoms with Gasteiger partial charge in [-0.1, -0.05) is 25.1 Å². The van der Waals surface area contributed by atoms with Crippen LogP contribution >= 0.6 is 11.3 Å². The van der Waals surface area contributed by atoms with Crippen LogP contribution in [0.15, 0.2) is 42.5 Å². The fourth-order valence-corrected chi connectivity index (χ4v) is 5.65. The molecule has 3 heterocycles. The number of nitrogens with zero attached hydrogens (tertiary/aromatic N) is 3. The number of aliphatic hydroxyl groups excluding tert-OH is 1. The number of hydrogen-bond acceptors (Lipinski definition) is 7. The van der Waals surface area contributed by atoms with Gasteiger partial charge in [-0.15, -0.1) is 11.3 Å². The van der Waals surface area contributed by atoms with Crippen LogP contribution in [0.25, 0.3) is 10.4 Å². The van der Waals surface area contributed by atoms with Gasteiger partial charge in [-0.2, -0.15) is 0 Å². The Bertz CT molecular complexity index is 1210. The number of rotatable bonds is 9. The summed E-state index contributed by atoms with van der Waals surface area (Å²) in [7, 11) is 4.24. The normalized spacial score (nSPS) is 17.3. The second-order valence-corrected chi connectivity index (χ2v) is 10.6. The zero-order valence-electron chi connectivity index (χ0n) is 21.0. The summed E-state index contributed by atoms with van der Waals surface area (Å²) in [4.78, 5) is 22.2. The van der Waals surface area contributed by atoms with E-state index >= 15 is 0 Å². The number of likely N-dealkylation sites (tertiary alicyclic amines) is 1. The third kappa shape index (κ3) is 6.10. The van der Waals surface area contributed by atoms with Gasteiger partial charge in [-0.25, -0.2) is 9.37 Å². The van der Waals surface area contributed by atoms with Crippen molar-refractivity contribution in [2.24, 2.45) is 5.73 Å². The molecule has 36 heavy (non-hydrogen) atoms. The summed E-state index contributed by atoms with van der Waals surface area (Å²) in [6.07, 6.45) is 2.15. The molecule has 9 heteroatoms. The van der Waals surface area contributed by atoms with Crippen LogP contribution in [-0.4, -0.2) is 59.0 Å². The smallest absolute Gasteiger partial charge is 0.251 e. The largest absolute Gasteiger partial charge is 0.388 e. The van der Waals surface area contributed by atoms with Gasteiger partial charge >= 0.3 is 0 Å². The second-order valence-electron chi connectivity index (χ2n) is 9.51. The number of nitrogens with one attached hydrogen (secondary N) is 1. The van der Waals surface area contributed by atoms with Crippen molar-refractivity contribution in [3.8, 4) is 10.4 Å². The minimum Gasteiger partial charge on any atom is -0.388 e. The lowest BCUT2D eigenvalue weighted by Gasteiger charge is -2.35. The van der Waals surface area contributed by atoms with Crippen LogP contribution in [0.1, 0.15) is 53.9 Å². The fourth-order valence-electron chi connectivity index (χ4n) is 4.55. The molecular formula is C27H34FN5O2S. The molecule has 0 radical (unpaired) electrons. The number of hydrogen-bond donors (Lipinski definition) is 3. The number of likely N-dealkylation sites (N-methyl/N-ethyl adjacent to an activating group) is 1. The first-order chi connectivity index (χ1) is 17.2. The van der Waals surface area contributed by atoms with Crippen LogP contribution in [0, 0.1) is 5.82 Å². The first-order valence-electron chi connectivity index (χ1n) is 12.3. The van der Waals surface area contributed by atoms with Gasteiger partial charge in [0.05, 0.1) is 17.4 Å². The van der Waals surface area contributed by atoms with Crippen molar-refractivity contribution in [2.45, 2.75) is 44.9 Å². The van der Waals surface area contributed by atoms with Crippen LogP contribution in [-0.2, 0) is 6.54 Å².